The Bertz CT molecular complexity index is 518. The molecule has 1 aromatic carbocycles. The van der Waals surface area contributed by atoms with Crippen molar-refractivity contribution in [2.45, 2.75) is 6.92 Å². The van der Waals surface area contributed by atoms with Gasteiger partial charge in [-0.15, -0.1) is 0 Å². The standard InChI is InChI=1S/C10H6BrNO4/c1-5-2-3-6(12-4-13)7(8(5)11)9(14)10(15)16/h2-3H,1H3,(H,15,16). The fourth-order valence-corrected chi connectivity index (χ4v) is 1.65. The number of Topliss-reactive ketones (excluding diaryl/α,β-unsaturated/α-hetero) is 1. The van der Waals surface area contributed by atoms with Crippen LogP contribution in [0.5, 0.6) is 0 Å². The predicted octanol–water partition coefficient (Wildman–Crippen LogP) is 1.99. The van der Waals surface area contributed by atoms with Gasteiger partial charge in [0.2, 0.25) is 6.08 Å². The summed E-state index contributed by atoms with van der Waals surface area (Å²) in [6.45, 7) is 1.69. The van der Waals surface area contributed by atoms with E-state index < -0.39 is 11.8 Å². The minimum Gasteiger partial charge on any atom is -0.475 e. The molecule has 0 aliphatic heterocycles. The van der Waals surface area contributed by atoms with E-state index in [2.05, 4.69) is 20.9 Å². The molecule has 0 unspecified atom stereocenters. The maximum Gasteiger partial charge on any atom is 0.377 e. The molecule has 6 heteroatoms. The lowest BCUT2D eigenvalue weighted by Gasteiger charge is -2.06. The van der Waals surface area contributed by atoms with Gasteiger partial charge in [-0.05, 0) is 34.5 Å². The minimum absolute atomic E-state index is 0.0140. The van der Waals surface area contributed by atoms with E-state index in [9.17, 15) is 14.4 Å². The molecule has 5 nitrogen and oxygen atoms in total. The average Bonchev–Trinajstić information content (AvgIpc) is 2.23. The molecule has 0 saturated carbocycles. The molecule has 0 aliphatic rings. The molecule has 0 fully saturated rings. The molecule has 0 aliphatic carbocycles. The molecule has 0 bridgehead atoms. The number of isocyanates is 1. The van der Waals surface area contributed by atoms with Crippen LogP contribution in [0.2, 0.25) is 0 Å². The van der Waals surface area contributed by atoms with Crippen LogP contribution in [0.25, 0.3) is 0 Å². The van der Waals surface area contributed by atoms with Gasteiger partial charge in [0.05, 0.1) is 11.3 Å². The third-order valence-electron chi connectivity index (χ3n) is 1.90. The van der Waals surface area contributed by atoms with Crippen molar-refractivity contribution in [3.05, 3.63) is 27.7 Å². The summed E-state index contributed by atoms with van der Waals surface area (Å²) >= 11 is 3.10. The number of aliphatic imine (C=N–C) groups is 1. The summed E-state index contributed by atoms with van der Waals surface area (Å²) in [6.07, 6.45) is 1.27. The first kappa shape index (κ1) is 12.3. The number of hydrogen-bond acceptors (Lipinski definition) is 4. The van der Waals surface area contributed by atoms with Crippen LogP contribution in [-0.2, 0) is 9.59 Å². The number of ketones is 1. The fraction of sp³-hybridized carbons (Fsp3) is 0.100. The van der Waals surface area contributed by atoms with Crippen molar-refractivity contribution in [3.63, 3.8) is 0 Å². The third kappa shape index (κ3) is 2.24. The van der Waals surface area contributed by atoms with Gasteiger partial charge in [0.1, 0.15) is 0 Å². The van der Waals surface area contributed by atoms with Crippen LogP contribution >= 0.6 is 15.9 Å². The number of carboxylic acids is 1. The summed E-state index contributed by atoms with van der Waals surface area (Å²) in [5, 5.41) is 8.63. The van der Waals surface area contributed by atoms with Crippen LogP contribution in [0.3, 0.4) is 0 Å². The van der Waals surface area contributed by atoms with Crippen LogP contribution in [0.1, 0.15) is 15.9 Å². The highest BCUT2D eigenvalue weighted by Crippen LogP contribution is 2.30. The molecule has 0 aromatic heterocycles. The SMILES string of the molecule is Cc1ccc(N=C=O)c(C(=O)C(=O)O)c1Br. The third-order valence-corrected chi connectivity index (χ3v) is 2.92. The summed E-state index contributed by atoms with van der Waals surface area (Å²) in [6, 6.07) is 3.00. The second kappa shape index (κ2) is 4.83. The lowest BCUT2D eigenvalue weighted by atomic mass is 10.1. The Morgan fingerprint density at radius 3 is 2.56 bits per heavy atom. The molecule has 1 rings (SSSR count). The number of rotatable bonds is 3. The Morgan fingerprint density at radius 1 is 1.44 bits per heavy atom. The lowest BCUT2D eigenvalue weighted by Crippen LogP contribution is -2.14. The largest absolute Gasteiger partial charge is 0.475 e. The number of hydrogen-bond donors (Lipinski definition) is 1. The Hall–Kier alpha value is -1.78. The summed E-state index contributed by atoms with van der Waals surface area (Å²) < 4.78 is 0.316. The van der Waals surface area contributed by atoms with Crippen molar-refractivity contribution in [3.8, 4) is 0 Å². The first-order valence-corrected chi connectivity index (χ1v) is 4.93. The lowest BCUT2D eigenvalue weighted by molar-refractivity contribution is -0.131. The molecule has 0 amide bonds. The van der Waals surface area contributed by atoms with E-state index in [0.717, 1.165) is 0 Å². The summed E-state index contributed by atoms with van der Waals surface area (Å²) in [5.74, 6) is -2.72. The van der Waals surface area contributed by atoms with E-state index >= 15 is 0 Å². The van der Waals surface area contributed by atoms with E-state index in [-0.39, 0.29) is 11.3 Å². The number of aryl methyl sites for hydroxylation is 1. The molecule has 0 heterocycles. The maximum atomic E-state index is 11.4. The van der Waals surface area contributed by atoms with Crippen molar-refractivity contribution in [2.75, 3.05) is 0 Å². The molecule has 82 valence electrons. The zero-order chi connectivity index (χ0) is 12.3. The van der Waals surface area contributed by atoms with E-state index in [4.69, 9.17) is 5.11 Å². The Kier molecular flexibility index (Phi) is 3.71. The van der Waals surface area contributed by atoms with Crippen LogP contribution < -0.4 is 0 Å². The summed E-state index contributed by atoms with van der Waals surface area (Å²) in [5.41, 5.74) is 0.519. The Balaban J connectivity index is 3.55. The van der Waals surface area contributed by atoms with Crippen molar-refractivity contribution in [2.24, 2.45) is 4.99 Å². The van der Waals surface area contributed by atoms with Gasteiger partial charge in [0, 0.05) is 4.47 Å². The zero-order valence-corrected chi connectivity index (χ0v) is 9.74. The molecular weight excluding hydrogens is 278 g/mol. The summed E-state index contributed by atoms with van der Waals surface area (Å²) in [4.78, 5) is 35.4. The molecule has 0 radical (unpaired) electrons. The number of aliphatic carboxylic acids is 1. The molecule has 0 spiro atoms. The quantitative estimate of drug-likeness (QED) is 0.398. The fourth-order valence-electron chi connectivity index (χ4n) is 1.14. The number of nitrogens with zero attached hydrogens (tertiary/aromatic N) is 1. The molecule has 0 saturated heterocycles. The molecular formula is C10H6BrNO4. The molecule has 1 N–H and O–H groups in total. The highest BCUT2D eigenvalue weighted by molar-refractivity contribution is 9.10. The van der Waals surface area contributed by atoms with Gasteiger partial charge in [0.25, 0.3) is 5.78 Å². The maximum absolute atomic E-state index is 11.4. The number of carbonyl (C=O) groups is 2. The van der Waals surface area contributed by atoms with E-state index in [1.54, 1.807) is 13.0 Å². The Morgan fingerprint density at radius 2 is 2.06 bits per heavy atom. The first-order chi connectivity index (χ1) is 7.49. The second-order valence-corrected chi connectivity index (χ2v) is 3.72. The van der Waals surface area contributed by atoms with Gasteiger partial charge in [0.15, 0.2) is 0 Å². The van der Waals surface area contributed by atoms with Gasteiger partial charge in [-0.25, -0.2) is 9.59 Å². The first-order valence-electron chi connectivity index (χ1n) is 4.13. The number of benzene rings is 1. The van der Waals surface area contributed by atoms with Crippen LogP contribution in [0, 0.1) is 6.92 Å². The zero-order valence-electron chi connectivity index (χ0n) is 8.15. The van der Waals surface area contributed by atoms with Crippen LogP contribution in [0.4, 0.5) is 5.69 Å². The number of carbonyl (C=O) groups excluding carboxylic acids is 2. The van der Waals surface area contributed by atoms with Crippen molar-refractivity contribution in [1.29, 1.82) is 0 Å². The molecule has 0 atom stereocenters. The van der Waals surface area contributed by atoms with Gasteiger partial charge in [-0.2, -0.15) is 4.99 Å². The van der Waals surface area contributed by atoms with Crippen molar-refractivity contribution < 1.29 is 19.5 Å². The van der Waals surface area contributed by atoms with Gasteiger partial charge < -0.3 is 5.11 Å². The summed E-state index contributed by atoms with van der Waals surface area (Å²) in [7, 11) is 0. The van der Waals surface area contributed by atoms with E-state index in [1.807, 2.05) is 0 Å². The van der Waals surface area contributed by atoms with Crippen molar-refractivity contribution >= 4 is 39.4 Å². The predicted molar refractivity (Wildman–Crippen MR) is 58.6 cm³/mol. The smallest absolute Gasteiger partial charge is 0.377 e. The molecule has 1 aromatic rings. The van der Waals surface area contributed by atoms with Gasteiger partial charge >= 0.3 is 5.97 Å². The second-order valence-electron chi connectivity index (χ2n) is 2.93. The average molecular weight is 284 g/mol. The van der Waals surface area contributed by atoms with E-state index in [1.165, 1.54) is 12.1 Å². The van der Waals surface area contributed by atoms with Crippen LogP contribution in [-0.4, -0.2) is 22.9 Å². The van der Waals surface area contributed by atoms with Gasteiger partial charge in [-0.3, -0.25) is 4.79 Å². The number of carboxylic acid groups (broad SMARTS) is 1. The Labute approximate surface area is 98.9 Å². The topological polar surface area (TPSA) is 83.8 Å². The highest BCUT2D eigenvalue weighted by atomic mass is 79.9. The normalized spacial score (nSPS) is 9.38. The van der Waals surface area contributed by atoms with Crippen molar-refractivity contribution in [1.82, 2.24) is 0 Å². The van der Waals surface area contributed by atoms with E-state index in [0.29, 0.717) is 10.0 Å². The molecule has 16 heavy (non-hydrogen) atoms. The minimum atomic E-state index is -1.60. The number of halogens is 1. The van der Waals surface area contributed by atoms with Gasteiger partial charge in [-0.1, -0.05) is 6.07 Å². The monoisotopic (exact) mass is 283 g/mol. The van der Waals surface area contributed by atoms with Crippen LogP contribution in [0.15, 0.2) is 21.6 Å². The highest BCUT2D eigenvalue weighted by Gasteiger charge is 2.22.